The Morgan fingerprint density at radius 1 is 1.50 bits per heavy atom. The minimum atomic E-state index is 0.640. The average molecular weight is 203 g/mol. The van der Waals surface area contributed by atoms with Gasteiger partial charge in [0.25, 0.3) is 0 Å². The maximum absolute atomic E-state index is 5.13. The maximum Gasteiger partial charge on any atom is 0.0169 e. The van der Waals surface area contributed by atoms with Crippen LogP contribution >= 0.6 is 15.9 Å². The van der Waals surface area contributed by atoms with Crippen LogP contribution in [0.3, 0.4) is 0 Å². The molecule has 0 aliphatic rings. The SMILES string of the molecule is C#CCCCC(Br)C(C)C. The van der Waals surface area contributed by atoms with Crippen molar-refractivity contribution >= 4 is 15.9 Å². The lowest BCUT2D eigenvalue weighted by Gasteiger charge is -2.11. The van der Waals surface area contributed by atoms with Gasteiger partial charge in [0.15, 0.2) is 0 Å². The molecule has 1 heteroatoms. The van der Waals surface area contributed by atoms with Gasteiger partial charge in [0, 0.05) is 11.2 Å². The van der Waals surface area contributed by atoms with E-state index >= 15 is 0 Å². The summed E-state index contributed by atoms with van der Waals surface area (Å²) in [7, 11) is 0. The first-order valence-electron chi connectivity index (χ1n) is 3.76. The van der Waals surface area contributed by atoms with Gasteiger partial charge in [-0.15, -0.1) is 12.3 Å². The molecule has 0 aromatic heterocycles. The number of hydrogen-bond acceptors (Lipinski definition) is 0. The second kappa shape index (κ2) is 5.80. The molecule has 0 saturated heterocycles. The lowest BCUT2D eigenvalue weighted by atomic mass is 10.1. The molecule has 0 nitrogen and oxygen atoms in total. The third kappa shape index (κ3) is 4.88. The predicted octanol–water partition coefficient (Wildman–Crippen LogP) is 3.21. The molecule has 0 N–H and O–H groups in total. The van der Waals surface area contributed by atoms with E-state index in [9.17, 15) is 0 Å². The molecular weight excluding hydrogens is 188 g/mol. The predicted molar refractivity (Wildman–Crippen MR) is 50.2 cm³/mol. The van der Waals surface area contributed by atoms with Gasteiger partial charge in [-0.25, -0.2) is 0 Å². The van der Waals surface area contributed by atoms with Gasteiger partial charge in [0.05, 0.1) is 0 Å². The van der Waals surface area contributed by atoms with E-state index in [0.717, 1.165) is 18.8 Å². The molecule has 0 aliphatic heterocycles. The van der Waals surface area contributed by atoms with Gasteiger partial charge in [-0.1, -0.05) is 29.8 Å². The quantitative estimate of drug-likeness (QED) is 0.374. The van der Waals surface area contributed by atoms with Crippen molar-refractivity contribution < 1.29 is 0 Å². The highest BCUT2D eigenvalue weighted by atomic mass is 79.9. The van der Waals surface area contributed by atoms with Gasteiger partial charge in [0.1, 0.15) is 0 Å². The van der Waals surface area contributed by atoms with E-state index in [0.29, 0.717) is 4.83 Å². The van der Waals surface area contributed by atoms with Crippen molar-refractivity contribution in [2.24, 2.45) is 5.92 Å². The molecule has 1 atom stereocenters. The summed E-state index contributed by atoms with van der Waals surface area (Å²) in [6.45, 7) is 4.44. The minimum absolute atomic E-state index is 0.640. The summed E-state index contributed by atoms with van der Waals surface area (Å²) in [5, 5.41) is 0. The lowest BCUT2D eigenvalue weighted by Crippen LogP contribution is -2.05. The van der Waals surface area contributed by atoms with Crippen molar-refractivity contribution in [3.8, 4) is 12.3 Å². The molecule has 0 bridgehead atoms. The summed E-state index contributed by atoms with van der Waals surface area (Å²) in [6, 6.07) is 0. The molecule has 0 aliphatic carbocycles. The van der Waals surface area contributed by atoms with Crippen molar-refractivity contribution in [2.45, 2.75) is 37.9 Å². The largest absolute Gasteiger partial charge is 0.120 e. The van der Waals surface area contributed by atoms with E-state index in [1.54, 1.807) is 0 Å². The first-order chi connectivity index (χ1) is 4.68. The van der Waals surface area contributed by atoms with Gasteiger partial charge < -0.3 is 0 Å². The summed E-state index contributed by atoms with van der Waals surface area (Å²) in [4.78, 5) is 0.640. The van der Waals surface area contributed by atoms with E-state index < -0.39 is 0 Å². The second-order valence-corrected chi connectivity index (χ2v) is 4.03. The highest BCUT2D eigenvalue weighted by Gasteiger charge is 2.06. The molecule has 1 unspecified atom stereocenters. The molecule has 0 heterocycles. The van der Waals surface area contributed by atoms with Crippen molar-refractivity contribution in [1.29, 1.82) is 0 Å². The first kappa shape index (κ1) is 10.0. The molecule has 0 rings (SSSR count). The number of rotatable bonds is 4. The minimum Gasteiger partial charge on any atom is -0.120 e. The van der Waals surface area contributed by atoms with E-state index in [2.05, 4.69) is 35.7 Å². The highest BCUT2D eigenvalue weighted by molar-refractivity contribution is 9.09. The van der Waals surface area contributed by atoms with Crippen molar-refractivity contribution in [3.63, 3.8) is 0 Å². The molecule has 0 radical (unpaired) electrons. The highest BCUT2D eigenvalue weighted by Crippen LogP contribution is 2.17. The molecule has 0 aromatic carbocycles. The van der Waals surface area contributed by atoms with E-state index in [1.165, 1.54) is 6.42 Å². The zero-order chi connectivity index (χ0) is 7.98. The summed E-state index contributed by atoms with van der Waals surface area (Å²) < 4.78 is 0. The molecule has 0 aromatic rings. The van der Waals surface area contributed by atoms with Crippen LogP contribution in [-0.4, -0.2) is 4.83 Å². The van der Waals surface area contributed by atoms with Crippen LogP contribution in [-0.2, 0) is 0 Å². The summed E-state index contributed by atoms with van der Waals surface area (Å²) >= 11 is 3.60. The average Bonchev–Trinajstić information content (AvgIpc) is 1.88. The van der Waals surface area contributed by atoms with Gasteiger partial charge in [-0.3, -0.25) is 0 Å². The van der Waals surface area contributed by atoms with E-state index in [1.807, 2.05) is 0 Å². The van der Waals surface area contributed by atoms with Gasteiger partial charge in [-0.05, 0) is 18.8 Å². The fraction of sp³-hybridized carbons (Fsp3) is 0.778. The molecule has 0 spiro atoms. The van der Waals surface area contributed by atoms with Crippen LogP contribution in [0, 0.1) is 18.3 Å². The van der Waals surface area contributed by atoms with Crippen LogP contribution in [0.15, 0.2) is 0 Å². The number of terminal acetylenes is 1. The zero-order valence-electron chi connectivity index (χ0n) is 6.73. The monoisotopic (exact) mass is 202 g/mol. The van der Waals surface area contributed by atoms with Gasteiger partial charge in [0.2, 0.25) is 0 Å². The Bertz CT molecular complexity index is 110. The molecule has 10 heavy (non-hydrogen) atoms. The summed E-state index contributed by atoms with van der Waals surface area (Å²) in [6.07, 6.45) is 8.38. The zero-order valence-corrected chi connectivity index (χ0v) is 8.32. The Morgan fingerprint density at radius 3 is 2.50 bits per heavy atom. The Kier molecular flexibility index (Phi) is 5.82. The van der Waals surface area contributed by atoms with Crippen LogP contribution in [0.1, 0.15) is 33.1 Å². The molecular formula is C9H15Br. The van der Waals surface area contributed by atoms with Crippen LogP contribution < -0.4 is 0 Å². The second-order valence-electron chi connectivity index (χ2n) is 2.86. The third-order valence-corrected chi connectivity index (χ3v) is 3.04. The van der Waals surface area contributed by atoms with Gasteiger partial charge in [-0.2, -0.15) is 0 Å². The standard InChI is InChI=1S/C9H15Br/c1-4-5-6-7-9(10)8(2)3/h1,8-9H,5-7H2,2-3H3. The Hall–Kier alpha value is 0.0400. The van der Waals surface area contributed by atoms with Crippen LogP contribution in [0.5, 0.6) is 0 Å². The number of hydrogen-bond donors (Lipinski definition) is 0. The number of unbranched alkanes of at least 4 members (excludes halogenated alkanes) is 1. The number of alkyl halides is 1. The van der Waals surface area contributed by atoms with Crippen molar-refractivity contribution in [1.82, 2.24) is 0 Å². The van der Waals surface area contributed by atoms with Crippen LogP contribution in [0.25, 0.3) is 0 Å². The van der Waals surface area contributed by atoms with Crippen LogP contribution in [0.4, 0.5) is 0 Å². The van der Waals surface area contributed by atoms with Crippen molar-refractivity contribution in [3.05, 3.63) is 0 Å². The van der Waals surface area contributed by atoms with E-state index in [4.69, 9.17) is 6.42 Å². The summed E-state index contributed by atoms with van der Waals surface area (Å²) in [5.74, 6) is 3.36. The Morgan fingerprint density at radius 2 is 2.10 bits per heavy atom. The van der Waals surface area contributed by atoms with Gasteiger partial charge >= 0.3 is 0 Å². The van der Waals surface area contributed by atoms with Crippen LogP contribution in [0.2, 0.25) is 0 Å². The Balaban J connectivity index is 3.23. The molecule has 58 valence electrons. The number of halogens is 1. The maximum atomic E-state index is 5.13. The lowest BCUT2D eigenvalue weighted by molar-refractivity contribution is 0.567. The molecule has 0 fully saturated rings. The third-order valence-electron chi connectivity index (χ3n) is 1.52. The normalized spacial score (nSPS) is 13.1. The van der Waals surface area contributed by atoms with E-state index in [-0.39, 0.29) is 0 Å². The first-order valence-corrected chi connectivity index (χ1v) is 4.67. The fourth-order valence-electron chi connectivity index (χ4n) is 0.732. The molecule has 0 saturated carbocycles. The topological polar surface area (TPSA) is 0 Å². The Labute approximate surface area is 72.5 Å². The van der Waals surface area contributed by atoms with Crippen molar-refractivity contribution in [2.75, 3.05) is 0 Å². The molecule has 0 amide bonds. The smallest absolute Gasteiger partial charge is 0.0169 e. The fourth-order valence-corrected chi connectivity index (χ4v) is 1.06. The summed E-state index contributed by atoms with van der Waals surface area (Å²) in [5.41, 5.74) is 0.